The van der Waals surface area contributed by atoms with Crippen LogP contribution in [0.1, 0.15) is 25.6 Å². The van der Waals surface area contributed by atoms with Crippen molar-refractivity contribution in [3.8, 4) is 17.1 Å². The van der Waals surface area contributed by atoms with Crippen LogP contribution in [-0.2, 0) is 12.3 Å². The summed E-state index contributed by atoms with van der Waals surface area (Å²) in [5.41, 5.74) is 0.946. The highest BCUT2D eigenvalue weighted by molar-refractivity contribution is 7.98. The first-order valence-electron chi connectivity index (χ1n) is 9.51. The van der Waals surface area contributed by atoms with Crippen LogP contribution in [0.4, 0.5) is 8.78 Å². The van der Waals surface area contributed by atoms with Gasteiger partial charge in [0.05, 0.1) is 11.4 Å². The van der Waals surface area contributed by atoms with Crippen molar-refractivity contribution in [2.24, 2.45) is 0 Å². The van der Waals surface area contributed by atoms with E-state index in [1.165, 1.54) is 23.9 Å². The minimum atomic E-state index is -0.693. The van der Waals surface area contributed by atoms with E-state index in [4.69, 9.17) is 0 Å². The number of benzene rings is 2. The predicted octanol–water partition coefficient (Wildman–Crippen LogP) is 4.29. The second-order valence-corrected chi connectivity index (χ2v) is 7.51. The number of aryl methyl sites for hydroxylation is 1. The number of rotatable bonds is 8. The average molecular weight is 427 g/mol. The maximum atomic E-state index is 14.6. The molecule has 0 aliphatic carbocycles. The molecule has 0 saturated carbocycles. The molecule has 0 radical (unpaired) electrons. The highest BCUT2D eigenvalue weighted by Crippen LogP contribution is 2.30. The number of unbranched alkanes of at least 4 members (excludes halogenated alkanes) is 1. The number of nitrogens with zero attached hydrogens (tertiary/aromatic N) is 7. The van der Waals surface area contributed by atoms with E-state index in [9.17, 15) is 8.78 Å². The topological polar surface area (TPSA) is 74.3 Å². The molecule has 2 heterocycles. The zero-order valence-electron chi connectivity index (χ0n) is 16.2. The third-order valence-corrected chi connectivity index (χ3v) is 5.40. The normalized spacial score (nSPS) is 11.2. The molecule has 0 amide bonds. The highest BCUT2D eigenvalue weighted by atomic mass is 32.2. The Morgan fingerprint density at radius 2 is 1.83 bits per heavy atom. The van der Waals surface area contributed by atoms with Gasteiger partial charge < -0.3 is 0 Å². The molecule has 0 bridgehead atoms. The lowest BCUT2D eigenvalue weighted by Gasteiger charge is -2.11. The van der Waals surface area contributed by atoms with E-state index < -0.39 is 11.6 Å². The summed E-state index contributed by atoms with van der Waals surface area (Å²) >= 11 is 1.34. The first kappa shape index (κ1) is 20.1. The van der Waals surface area contributed by atoms with E-state index >= 15 is 0 Å². The van der Waals surface area contributed by atoms with Gasteiger partial charge in [-0.2, -0.15) is 0 Å². The van der Waals surface area contributed by atoms with Crippen LogP contribution in [0.2, 0.25) is 0 Å². The third kappa shape index (κ3) is 4.23. The van der Waals surface area contributed by atoms with Crippen molar-refractivity contribution in [2.45, 2.75) is 37.2 Å². The van der Waals surface area contributed by atoms with Gasteiger partial charge in [0.15, 0.2) is 16.8 Å². The van der Waals surface area contributed by atoms with E-state index in [0.717, 1.165) is 31.0 Å². The van der Waals surface area contributed by atoms with Gasteiger partial charge >= 0.3 is 0 Å². The molecule has 0 spiro atoms. The van der Waals surface area contributed by atoms with Gasteiger partial charge in [-0.05, 0) is 29.0 Å². The van der Waals surface area contributed by atoms with Gasteiger partial charge in [-0.3, -0.25) is 4.57 Å². The molecule has 0 unspecified atom stereocenters. The molecule has 7 nitrogen and oxygen atoms in total. The number of aromatic nitrogens is 7. The quantitative estimate of drug-likeness (QED) is 0.391. The number of hydrogen-bond donors (Lipinski definition) is 0. The Morgan fingerprint density at radius 1 is 1.00 bits per heavy atom. The molecule has 10 heteroatoms. The summed E-state index contributed by atoms with van der Waals surface area (Å²) in [6, 6.07) is 12.8. The van der Waals surface area contributed by atoms with Crippen LogP contribution in [-0.4, -0.2) is 35.0 Å². The Morgan fingerprint density at radius 3 is 2.60 bits per heavy atom. The van der Waals surface area contributed by atoms with E-state index in [2.05, 4.69) is 32.6 Å². The van der Waals surface area contributed by atoms with E-state index in [1.807, 2.05) is 30.3 Å². The molecule has 0 fully saturated rings. The van der Waals surface area contributed by atoms with Crippen LogP contribution in [0.15, 0.2) is 53.7 Å². The Bertz CT molecular complexity index is 1130. The summed E-state index contributed by atoms with van der Waals surface area (Å²) in [6.45, 7) is 2.83. The van der Waals surface area contributed by atoms with Crippen LogP contribution >= 0.6 is 11.8 Å². The lowest BCUT2D eigenvalue weighted by molar-refractivity contribution is 0.540. The van der Waals surface area contributed by atoms with Gasteiger partial charge in [0, 0.05) is 18.2 Å². The van der Waals surface area contributed by atoms with Gasteiger partial charge in [0.25, 0.3) is 0 Å². The summed E-state index contributed by atoms with van der Waals surface area (Å²) in [7, 11) is 0. The van der Waals surface area contributed by atoms with Crippen LogP contribution < -0.4 is 0 Å². The second kappa shape index (κ2) is 9.12. The Hall–Kier alpha value is -3.14. The summed E-state index contributed by atoms with van der Waals surface area (Å²) in [5.74, 6) is 0.265. The molecule has 0 atom stereocenters. The first-order chi connectivity index (χ1) is 14.7. The fourth-order valence-corrected chi connectivity index (χ4v) is 3.83. The zero-order valence-corrected chi connectivity index (χ0v) is 17.1. The molecule has 30 heavy (non-hydrogen) atoms. The van der Waals surface area contributed by atoms with Crippen molar-refractivity contribution in [1.29, 1.82) is 0 Å². The Balaban J connectivity index is 1.70. The van der Waals surface area contributed by atoms with Gasteiger partial charge in [0.1, 0.15) is 11.6 Å². The lowest BCUT2D eigenvalue weighted by Crippen LogP contribution is -2.06. The van der Waals surface area contributed by atoms with Crippen LogP contribution in [0, 0.1) is 11.6 Å². The molecule has 0 aliphatic heterocycles. The maximum Gasteiger partial charge on any atom is 0.196 e. The summed E-state index contributed by atoms with van der Waals surface area (Å²) in [6.07, 6.45) is 2.00. The van der Waals surface area contributed by atoms with Crippen LogP contribution in [0.3, 0.4) is 0 Å². The highest BCUT2D eigenvalue weighted by Gasteiger charge is 2.20. The Kier molecular flexibility index (Phi) is 6.12. The SMILES string of the molecule is CCCCn1nnnc1CSc1nnc(-c2ccccc2)n1-c1ccc(F)cc1F. The standard InChI is InChI=1S/C20H19F2N7S/c1-2-3-11-28-18(23-26-27-28)13-30-20-25-24-19(14-7-5-4-6-8-14)29(20)17-10-9-15(21)12-16(17)22/h4-10,12H,2-3,11,13H2,1H3. The number of halogens is 2. The number of thioether (sulfide) groups is 1. The van der Waals surface area contributed by atoms with Crippen molar-refractivity contribution < 1.29 is 8.78 Å². The molecule has 2 aromatic carbocycles. The van der Waals surface area contributed by atoms with Crippen molar-refractivity contribution in [3.05, 3.63) is 66.0 Å². The monoisotopic (exact) mass is 427 g/mol. The zero-order chi connectivity index (χ0) is 20.9. The van der Waals surface area contributed by atoms with Crippen molar-refractivity contribution in [3.63, 3.8) is 0 Å². The lowest BCUT2D eigenvalue weighted by atomic mass is 10.2. The van der Waals surface area contributed by atoms with Crippen molar-refractivity contribution in [1.82, 2.24) is 35.0 Å². The second-order valence-electron chi connectivity index (χ2n) is 6.56. The minimum absolute atomic E-state index is 0.174. The van der Waals surface area contributed by atoms with Gasteiger partial charge in [-0.1, -0.05) is 55.4 Å². The van der Waals surface area contributed by atoms with Gasteiger partial charge in [-0.15, -0.1) is 15.3 Å². The predicted molar refractivity (Wildman–Crippen MR) is 109 cm³/mol. The van der Waals surface area contributed by atoms with Gasteiger partial charge in [-0.25, -0.2) is 13.5 Å². The molecule has 2 aromatic heterocycles. The van der Waals surface area contributed by atoms with Gasteiger partial charge in [0.2, 0.25) is 0 Å². The molecule has 4 rings (SSSR count). The molecule has 0 N–H and O–H groups in total. The molecule has 0 saturated heterocycles. The van der Waals surface area contributed by atoms with E-state index in [-0.39, 0.29) is 5.69 Å². The van der Waals surface area contributed by atoms with E-state index in [0.29, 0.717) is 22.6 Å². The summed E-state index contributed by atoms with van der Waals surface area (Å²) in [5, 5.41) is 20.8. The smallest absolute Gasteiger partial charge is 0.196 e. The molecular weight excluding hydrogens is 408 g/mol. The molecule has 154 valence electrons. The fourth-order valence-electron chi connectivity index (χ4n) is 2.95. The number of tetrazole rings is 1. The van der Waals surface area contributed by atoms with E-state index in [1.54, 1.807) is 9.25 Å². The Labute approximate surface area is 176 Å². The molecule has 0 aliphatic rings. The third-order valence-electron chi connectivity index (χ3n) is 4.48. The summed E-state index contributed by atoms with van der Waals surface area (Å²) in [4.78, 5) is 0. The average Bonchev–Trinajstić information content (AvgIpc) is 3.38. The fraction of sp³-hybridized carbons (Fsp3) is 0.250. The molecular formula is C20H19F2N7S. The first-order valence-corrected chi connectivity index (χ1v) is 10.5. The van der Waals surface area contributed by atoms with Crippen LogP contribution in [0.25, 0.3) is 17.1 Å². The maximum absolute atomic E-state index is 14.6. The van der Waals surface area contributed by atoms with Crippen molar-refractivity contribution in [2.75, 3.05) is 0 Å². The minimum Gasteiger partial charge on any atom is -0.267 e. The number of hydrogen-bond acceptors (Lipinski definition) is 6. The van der Waals surface area contributed by atoms with Crippen LogP contribution in [0.5, 0.6) is 0 Å². The van der Waals surface area contributed by atoms with Crippen molar-refractivity contribution >= 4 is 11.8 Å². The molecule has 4 aromatic rings. The summed E-state index contributed by atoms with van der Waals surface area (Å²) < 4.78 is 31.5. The largest absolute Gasteiger partial charge is 0.267 e.